The molecule has 18 heavy (non-hydrogen) atoms. The van der Waals surface area contributed by atoms with Crippen molar-refractivity contribution in [2.45, 2.75) is 12.5 Å². The van der Waals surface area contributed by atoms with Crippen LogP contribution in [0, 0.1) is 0 Å². The number of guanidine groups is 1. The van der Waals surface area contributed by atoms with E-state index in [1.54, 1.807) is 7.11 Å². The number of nitrogens with zero attached hydrogens (tertiary/aromatic N) is 1. The summed E-state index contributed by atoms with van der Waals surface area (Å²) in [6, 6.07) is 8.10. The van der Waals surface area contributed by atoms with Crippen molar-refractivity contribution in [2.24, 2.45) is 10.7 Å². The summed E-state index contributed by atoms with van der Waals surface area (Å²) in [7, 11) is 1.66. The second-order valence-electron chi connectivity index (χ2n) is 3.96. The van der Waals surface area contributed by atoms with Gasteiger partial charge >= 0.3 is 0 Å². The van der Waals surface area contributed by atoms with Crippen LogP contribution in [0.5, 0.6) is 5.75 Å². The topological polar surface area (TPSA) is 71.7 Å². The number of halogens is 1. The summed E-state index contributed by atoms with van der Waals surface area (Å²) in [5.74, 6) is 1.66. The highest BCUT2D eigenvalue weighted by atomic mass is 79.9. The van der Waals surface area contributed by atoms with Gasteiger partial charge in [0, 0.05) is 11.7 Å². The minimum absolute atomic E-state index is 0. The number of hydrogen-bond acceptors (Lipinski definition) is 5. The Morgan fingerprint density at radius 3 is 2.78 bits per heavy atom. The van der Waals surface area contributed by atoms with E-state index in [1.807, 2.05) is 24.3 Å². The first-order valence-corrected chi connectivity index (χ1v) is 5.74. The molecule has 6 heteroatoms. The predicted molar refractivity (Wildman–Crippen MR) is 79.8 cm³/mol. The molecule has 1 aliphatic heterocycles. The van der Waals surface area contributed by atoms with Gasteiger partial charge in [-0.05, 0) is 37.2 Å². The van der Waals surface area contributed by atoms with E-state index in [4.69, 9.17) is 10.5 Å². The second kappa shape index (κ2) is 7.23. The van der Waals surface area contributed by atoms with Gasteiger partial charge in [-0.3, -0.25) is 4.99 Å². The number of aliphatic imine (C=N–C) groups is 1. The third kappa shape index (κ3) is 3.89. The van der Waals surface area contributed by atoms with Crippen molar-refractivity contribution in [3.8, 4) is 5.75 Å². The van der Waals surface area contributed by atoms with Crippen LogP contribution in [-0.4, -0.2) is 32.2 Å². The van der Waals surface area contributed by atoms with Gasteiger partial charge in [0.15, 0.2) is 5.96 Å². The van der Waals surface area contributed by atoms with Crippen molar-refractivity contribution in [1.29, 1.82) is 0 Å². The molecule has 0 bridgehead atoms. The number of nitrogens with one attached hydrogen (secondary N) is 2. The summed E-state index contributed by atoms with van der Waals surface area (Å²) in [6.45, 7) is 1.47. The number of hydrogen-bond donors (Lipinski definition) is 3. The van der Waals surface area contributed by atoms with Crippen LogP contribution < -0.4 is 21.1 Å². The molecule has 0 aromatic heterocycles. The molecule has 0 aliphatic carbocycles. The number of nitrogens with two attached hydrogens (primary N) is 1. The third-order valence-corrected chi connectivity index (χ3v) is 2.68. The minimum atomic E-state index is 0. The molecule has 1 aromatic carbocycles. The highest BCUT2D eigenvalue weighted by molar-refractivity contribution is 8.93. The maximum Gasteiger partial charge on any atom is 0.196 e. The van der Waals surface area contributed by atoms with Crippen molar-refractivity contribution < 1.29 is 4.74 Å². The van der Waals surface area contributed by atoms with Gasteiger partial charge < -0.3 is 21.1 Å². The lowest BCUT2D eigenvalue weighted by Crippen LogP contribution is -2.35. The molecular weight excluding hydrogens is 296 g/mol. The predicted octanol–water partition coefficient (Wildman–Crippen LogP) is 1.36. The molecule has 1 aliphatic rings. The zero-order valence-corrected chi connectivity index (χ0v) is 12.1. The SMILES string of the molecule is Br.COc1ccc(NC2=NC[C@H](CCN)N2)cc1. The summed E-state index contributed by atoms with van der Waals surface area (Å²) in [4.78, 5) is 4.38. The summed E-state index contributed by atoms with van der Waals surface area (Å²) < 4.78 is 5.10. The molecule has 0 fully saturated rings. The molecule has 5 nitrogen and oxygen atoms in total. The van der Waals surface area contributed by atoms with Crippen molar-refractivity contribution in [3.63, 3.8) is 0 Å². The first kappa shape index (κ1) is 14.8. The maximum absolute atomic E-state index is 5.51. The van der Waals surface area contributed by atoms with Crippen molar-refractivity contribution in [3.05, 3.63) is 24.3 Å². The van der Waals surface area contributed by atoms with E-state index >= 15 is 0 Å². The van der Waals surface area contributed by atoms with Crippen LogP contribution in [0.4, 0.5) is 5.69 Å². The number of rotatable bonds is 4. The zero-order valence-electron chi connectivity index (χ0n) is 10.3. The monoisotopic (exact) mass is 314 g/mol. The van der Waals surface area contributed by atoms with Gasteiger partial charge in [-0.15, -0.1) is 17.0 Å². The molecule has 0 spiro atoms. The third-order valence-electron chi connectivity index (χ3n) is 2.68. The van der Waals surface area contributed by atoms with Crippen molar-refractivity contribution >= 4 is 28.6 Å². The molecule has 4 N–H and O–H groups in total. The maximum atomic E-state index is 5.51. The Kier molecular flexibility index (Phi) is 5.94. The smallest absolute Gasteiger partial charge is 0.196 e. The quantitative estimate of drug-likeness (QED) is 0.784. The van der Waals surface area contributed by atoms with Crippen LogP contribution in [0.1, 0.15) is 6.42 Å². The van der Waals surface area contributed by atoms with Crippen LogP contribution in [0.15, 0.2) is 29.3 Å². The fourth-order valence-corrected chi connectivity index (χ4v) is 1.74. The van der Waals surface area contributed by atoms with E-state index in [-0.39, 0.29) is 17.0 Å². The first-order valence-electron chi connectivity index (χ1n) is 5.74. The molecular formula is C12H19BrN4O. The van der Waals surface area contributed by atoms with Crippen LogP contribution >= 0.6 is 17.0 Å². The molecule has 0 saturated carbocycles. The van der Waals surface area contributed by atoms with Gasteiger partial charge in [-0.25, -0.2) is 0 Å². The summed E-state index contributed by atoms with van der Waals surface area (Å²) >= 11 is 0. The number of benzene rings is 1. The Bertz CT molecular complexity index is 394. The average Bonchev–Trinajstić information content (AvgIpc) is 2.78. The van der Waals surface area contributed by atoms with Crippen LogP contribution in [0.2, 0.25) is 0 Å². The normalized spacial score (nSPS) is 17.4. The largest absolute Gasteiger partial charge is 0.497 e. The summed E-state index contributed by atoms with van der Waals surface area (Å²) in [5.41, 5.74) is 6.50. The summed E-state index contributed by atoms with van der Waals surface area (Å²) in [5, 5.41) is 6.52. The Morgan fingerprint density at radius 1 is 1.44 bits per heavy atom. The lowest BCUT2D eigenvalue weighted by Gasteiger charge is -2.11. The van der Waals surface area contributed by atoms with Crippen LogP contribution in [-0.2, 0) is 0 Å². The van der Waals surface area contributed by atoms with Crippen molar-refractivity contribution in [2.75, 3.05) is 25.5 Å². The van der Waals surface area contributed by atoms with Crippen LogP contribution in [0.3, 0.4) is 0 Å². The Morgan fingerprint density at radius 2 is 2.17 bits per heavy atom. The van der Waals surface area contributed by atoms with E-state index in [0.717, 1.165) is 30.4 Å². The van der Waals surface area contributed by atoms with E-state index in [1.165, 1.54) is 0 Å². The Balaban J connectivity index is 0.00000162. The Hall–Kier alpha value is -1.27. The van der Waals surface area contributed by atoms with E-state index in [9.17, 15) is 0 Å². The number of methoxy groups -OCH3 is 1. The molecule has 1 atom stereocenters. The van der Waals surface area contributed by atoms with Gasteiger partial charge in [0.1, 0.15) is 5.75 Å². The molecule has 2 rings (SSSR count). The fraction of sp³-hybridized carbons (Fsp3) is 0.417. The standard InChI is InChI=1S/C12H18N4O.BrH/c1-17-11-4-2-9(3-5-11)15-12-14-8-10(16-12)6-7-13;/h2-5,10H,6-8,13H2,1H3,(H2,14,15,16);1H/t10-;/m0./s1. The molecule has 0 unspecified atom stereocenters. The van der Waals surface area contributed by atoms with Gasteiger partial charge in [0.05, 0.1) is 13.7 Å². The molecule has 0 saturated heterocycles. The van der Waals surface area contributed by atoms with Gasteiger partial charge in [-0.1, -0.05) is 0 Å². The molecule has 0 radical (unpaired) electrons. The lowest BCUT2D eigenvalue weighted by atomic mass is 10.2. The van der Waals surface area contributed by atoms with Gasteiger partial charge in [0.2, 0.25) is 0 Å². The molecule has 0 amide bonds. The number of ether oxygens (including phenoxy) is 1. The Labute approximate surface area is 118 Å². The molecule has 1 heterocycles. The second-order valence-corrected chi connectivity index (χ2v) is 3.96. The number of anilines is 1. The van der Waals surface area contributed by atoms with Crippen molar-refractivity contribution in [1.82, 2.24) is 5.32 Å². The van der Waals surface area contributed by atoms with E-state index in [0.29, 0.717) is 12.6 Å². The zero-order chi connectivity index (χ0) is 12.1. The van der Waals surface area contributed by atoms with Crippen LogP contribution in [0.25, 0.3) is 0 Å². The minimum Gasteiger partial charge on any atom is -0.497 e. The van der Waals surface area contributed by atoms with Gasteiger partial charge in [-0.2, -0.15) is 0 Å². The highest BCUT2D eigenvalue weighted by Crippen LogP contribution is 2.15. The van der Waals surface area contributed by atoms with E-state index in [2.05, 4.69) is 15.6 Å². The first-order chi connectivity index (χ1) is 8.31. The van der Waals surface area contributed by atoms with E-state index < -0.39 is 0 Å². The average molecular weight is 315 g/mol. The molecule has 100 valence electrons. The highest BCUT2D eigenvalue weighted by Gasteiger charge is 2.16. The lowest BCUT2D eigenvalue weighted by molar-refractivity contribution is 0.415. The van der Waals surface area contributed by atoms with Gasteiger partial charge in [0.25, 0.3) is 0 Å². The molecule has 1 aromatic rings. The summed E-state index contributed by atoms with van der Waals surface area (Å²) in [6.07, 6.45) is 0.942. The fourth-order valence-electron chi connectivity index (χ4n) is 1.74.